The Morgan fingerprint density at radius 3 is 3.00 bits per heavy atom. The van der Waals surface area contributed by atoms with Crippen molar-refractivity contribution in [2.45, 2.75) is 44.4 Å². The lowest BCUT2D eigenvalue weighted by molar-refractivity contribution is 0.0309. The van der Waals surface area contributed by atoms with E-state index in [9.17, 15) is 4.39 Å². The van der Waals surface area contributed by atoms with Gasteiger partial charge in [-0.15, -0.1) is 0 Å². The minimum absolute atomic E-state index is 0.0185. The molecule has 0 atom stereocenters. The molecular weight excluding hydrogens is 181 g/mol. The molecule has 0 aromatic carbocycles. The highest BCUT2D eigenvalue weighted by Gasteiger charge is 2.46. The molecule has 1 fully saturated rings. The predicted molar refractivity (Wildman–Crippen MR) is 52.5 cm³/mol. The molecule has 1 aliphatic rings. The molecule has 2 rings (SSSR count). The molecular formula is C10H16FN3. The van der Waals surface area contributed by atoms with Crippen LogP contribution >= 0.6 is 0 Å². The SMILES string of the molecule is CCCn1nccc1C1(F)CC(N)C1. The number of hydrogen-bond acceptors (Lipinski definition) is 2. The summed E-state index contributed by atoms with van der Waals surface area (Å²) < 4.78 is 15.9. The van der Waals surface area contributed by atoms with Crippen LogP contribution in [0, 0.1) is 0 Å². The van der Waals surface area contributed by atoms with Gasteiger partial charge in [-0.2, -0.15) is 5.10 Å². The molecule has 0 unspecified atom stereocenters. The van der Waals surface area contributed by atoms with E-state index in [1.165, 1.54) is 0 Å². The first-order chi connectivity index (χ1) is 6.65. The molecule has 1 heterocycles. The topological polar surface area (TPSA) is 43.8 Å². The molecule has 14 heavy (non-hydrogen) atoms. The van der Waals surface area contributed by atoms with Gasteiger partial charge in [0.2, 0.25) is 0 Å². The standard InChI is InChI=1S/C10H16FN3/c1-2-5-14-9(3-4-13-14)10(11)6-8(12)7-10/h3-4,8H,2,5-7,12H2,1H3. The zero-order valence-electron chi connectivity index (χ0n) is 8.41. The molecule has 2 N–H and O–H groups in total. The number of rotatable bonds is 3. The van der Waals surface area contributed by atoms with Crippen LogP contribution in [-0.2, 0) is 12.2 Å². The third-order valence-corrected chi connectivity index (χ3v) is 2.78. The van der Waals surface area contributed by atoms with E-state index in [1.54, 1.807) is 16.9 Å². The van der Waals surface area contributed by atoms with Crippen LogP contribution in [0.3, 0.4) is 0 Å². The molecule has 0 saturated heterocycles. The second kappa shape index (κ2) is 3.35. The molecule has 1 aromatic rings. The largest absolute Gasteiger partial charge is 0.327 e. The Morgan fingerprint density at radius 1 is 1.71 bits per heavy atom. The first-order valence-electron chi connectivity index (χ1n) is 5.12. The van der Waals surface area contributed by atoms with E-state index in [2.05, 4.69) is 12.0 Å². The van der Waals surface area contributed by atoms with Gasteiger partial charge in [-0.1, -0.05) is 6.92 Å². The van der Waals surface area contributed by atoms with Crippen molar-refractivity contribution < 1.29 is 4.39 Å². The van der Waals surface area contributed by atoms with Gasteiger partial charge in [0.05, 0.1) is 5.69 Å². The molecule has 1 aromatic heterocycles. The van der Waals surface area contributed by atoms with E-state index < -0.39 is 5.67 Å². The number of nitrogens with two attached hydrogens (primary N) is 1. The second-order valence-corrected chi connectivity index (χ2v) is 4.07. The Kier molecular flexibility index (Phi) is 2.31. The first kappa shape index (κ1) is 9.65. The predicted octanol–water partition coefficient (Wildman–Crippen LogP) is 1.58. The molecule has 78 valence electrons. The number of alkyl halides is 1. The fourth-order valence-corrected chi connectivity index (χ4v) is 2.08. The monoisotopic (exact) mass is 197 g/mol. The molecule has 1 saturated carbocycles. The maximum atomic E-state index is 14.2. The fourth-order valence-electron chi connectivity index (χ4n) is 2.08. The van der Waals surface area contributed by atoms with Crippen LogP contribution in [0.1, 0.15) is 31.9 Å². The van der Waals surface area contributed by atoms with Crippen molar-refractivity contribution in [3.05, 3.63) is 18.0 Å². The Hall–Kier alpha value is -0.900. The van der Waals surface area contributed by atoms with Gasteiger partial charge in [0.1, 0.15) is 0 Å². The lowest BCUT2D eigenvalue weighted by Gasteiger charge is -2.39. The summed E-state index contributed by atoms with van der Waals surface area (Å²) in [6.07, 6.45) is 3.50. The molecule has 3 nitrogen and oxygen atoms in total. The molecule has 0 bridgehead atoms. The smallest absolute Gasteiger partial charge is 0.155 e. The van der Waals surface area contributed by atoms with E-state index in [1.807, 2.05) is 0 Å². The van der Waals surface area contributed by atoms with Crippen molar-refractivity contribution in [1.82, 2.24) is 9.78 Å². The molecule has 0 aliphatic heterocycles. The quantitative estimate of drug-likeness (QED) is 0.799. The van der Waals surface area contributed by atoms with Crippen molar-refractivity contribution in [2.75, 3.05) is 0 Å². The summed E-state index contributed by atoms with van der Waals surface area (Å²) >= 11 is 0. The van der Waals surface area contributed by atoms with Crippen molar-refractivity contribution in [2.24, 2.45) is 5.73 Å². The first-order valence-corrected chi connectivity index (χ1v) is 5.12. The highest BCUT2D eigenvalue weighted by Crippen LogP contribution is 2.44. The van der Waals surface area contributed by atoms with Gasteiger partial charge >= 0.3 is 0 Å². The van der Waals surface area contributed by atoms with Gasteiger partial charge in [-0.25, -0.2) is 4.39 Å². The average molecular weight is 197 g/mol. The zero-order valence-corrected chi connectivity index (χ0v) is 8.41. The van der Waals surface area contributed by atoms with E-state index in [-0.39, 0.29) is 6.04 Å². The van der Waals surface area contributed by atoms with E-state index in [0.717, 1.165) is 13.0 Å². The highest BCUT2D eigenvalue weighted by atomic mass is 19.1. The summed E-state index contributed by atoms with van der Waals surface area (Å²) in [5, 5.41) is 4.11. The van der Waals surface area contributed by atoms with Crippen LogP contribution in [-0.4, -0.2) is 15.8 Å². The maximum Gasteiger partial charge on any atom is 0.155 e. The van der Waals surface area contributed by atoms with Crippen LogP contribution in [0.2, 0.25) is 0 Å². The molecule has 0 spiro atoms. The van der Waals surface area contributed by atoms with Crippen molar-refractivity contribution in [3.8, 4) is 0 Å². The Bertz CT molecular complexity index is 315. The summed E-state index contributed by atoms with van der Waals surface area (Å²) in [5.41, 5.74) is 5.09. The third kappa shape index (κ3) is 1.43. The molecule has 4 heteroatoms. The Balaban J connectivity index is 2.19. The van der Waals surface area contributed by atoms with Crippen LogP contribution in [0.15, 0.2) is 12.3 Å². The fraction of sp³-hybridized carbons (Fsp3) is 0.700. The van der Waals surface area contributed by atoms with Crippen LogP contribution < -0.4 is 5.73 Å². The van der Waals surface area contributed by atoms with Crippen LogP contribution in [0.4, 0.5) is 4.39 Å². The molecule has 1 aliphatic carbocycles. The summed E-state index contributed by atoms with van der Waals surface area (Å²) in [5.74, 6) is 0. The van der Waals surface area contributed by atoms with Gasteiger partial charge in [0, 0.05) is 31.6 Å². The Labute approximate surface area is 83.1 Å². The maximum absolute atomic E-state index is 14.2. The lowest BCUT2D eigenvalue weighted by Crippen LogP contribution is -2.47. The summed E-state index contributed by atoms with van der Waals surface area (Å²) in [6, 6.07) is 1.78. The number of aryl methyl sites for hydroxylation is 1. The summed E-state index contributed by atoms with van der Waals surface area (Å²) in [4.78, 5) is 0. The summed E-state index contributed by atoms with van der Waals surface area (Å²) in [6.45, 7) is 2.84. The van der Waals surface area contributed by atoms with Crippen LogP contribution in [0.5, 0.6) is 0 Å². The minimum Gasteiger partial charge on any atom is -0.327 e. The van der Waals surface area contributed by atoms with Crippen LogP contribution in [0.25, 0.3) is 0 Å². The molecule has 0 amide bonds. The third-order valence-electron chi connectivity index (χ3n) is 2.78. The number of hydrogen-bond donors (Lipinski definition) is 1. The van der Waals surface area contributed by atoms with Gasteiger partial charge in [-0.3, -0.25) is 4.68 Å². The molecule has 0 radical (unpaired) electrons. The van der Waals surface area contributed by atoms with E-state index in [4.69, 9.17) is 5.73 Å². The minimum atomic E-state index is -1.22. The number of aromatic nitrogens is 2. The summed E-state index contributed by atoms with van der Waals surface area (Å²) in [7, 11) is 0. The number of halogens is 1. The van der Waals surface area contributed by atoms with Gasteiger partial charge in [0.15, 0.2) is 5.67 Å². The van der Waals surface area contributed by atoms with Crippen molar-refractivity contribution >= 4 is 0 Å². The average Bonchev–Trinajstić information content (AvgIpc) is 2.51. The highest BCUT2D eigenvalue weighted by molar-refractivity contribution is 5.18. The van der Waals surface area contributed by atoms with Crippen molar-refractivity contribution in [1.29, 1.82) is 0 Å². The van der Waals surface area contributed by atoms with E-state index >= 15 is 0 Å². The lowest BCUT2D eigenvalue weighted by atomic mass is 9.75. The van der Waals surface area contributed by atoms with Gasteiger partial charge in [0.25, 0.3) is 0 Å². The van der Waals surface area contributed by atoms with E-state index in [0.29, 0.717) is 18.5 Å². The van der Waals surface area contributed by atoms with Gasteiger partial charge < -0.3 is 5.73 Å². The van der Waals surface area contributed by atoms with Gasteiger partial charge in [-0.05, 0) is 12.5 Å². The second-order valence-electron chi connectivity index (χ2n) is 4.07. The zero-order chi connectivity index (χ0) is 10.2. The Morgan fingerprint density at radius 2 is 2.43 bits per heavy atom. The van der Waals surface area contributed by atoms with Crippen molar-refractivity contribution in [3.63, 3.8) is 0 Å². The number of nitrogens with zero attached hydrogens (tertiary/aromatic N) is 2. The normalized spacial score (nSPS) is 31.5.